The first-order valence-electron chi connectivity index (χ1n) is 11.1. The smallest absolute Gasteiger partial charge is 0.338 e. The zero-order chi connectivity index (χ0) is 22.9. The number of rotatable bonds is 8. The number of carbonyl (C=O) groups excluding carboxylic acids is 2. The maximum Gasteiger partial charge on any atom is 0.338 e. The van der Waals surface area contributed by atoms with Gasteiger partial charge < -0.3 is 19.4 Å². The van der Waals surface area contributed by atoms with Crippen LogP contribution in [0.15, 0.2) is 41.3 Å². The molecule has 8 heteroatoms. The van der Waals surface area contributed by atoms with Gasteiger partial charge in [-0.1, -0.05) is 12.8 Å². The van der Waals surface area contributed by atoms with Gasteiger partial charge in [0.05, 0.1) is 25.5 Å². The molecule has 0 unspecified atom stereocenters. The van der Waals surface area contributed by atoms with Gasteiger partial charge in [-0.2, -0.15) is 0 Å². The SMILES string of the molecule is CCOC(=O)c1ccc(NC(=O)Cn2cc(OC)c(=O)cc2CN2CCCCCC2)cc1. The fourth-order valence-electron chi connectivity index (χ4n) is 3.81. The molecule has 1 aliphatic rings. The van der Waals surface area contributed by atoms with Gasteiger partial charge >= 0.3 is 5.97 Å². The molecule has 0 spiro atoms. The van der Waals surface area contributed by atoms with Crippen molar-refractivity contribution in [2.45, 2.75) is 45.7 Å². The van der Waals surface area contributed by atoms with Crippen LogP contribution in [0.3, 0.4) is 0 Å². The van der Waals surface area contributed by atoms with Gasteiger partial charge in [-0.05, 0) is 57.1 Å². The zero-order valence-corrected chi connectivity index (χ0v) is 18.8. The largest absolute Gasteiger partial charge is 0.491 e. The van der Waals surface area contributed by atoms with Crippen LogP contribution in [0.4, 0.5) is 5.69 Å². The number of pyridine rings is 1. The Kier molecular flexibility index (Phi) is 8.44. The molecule has 1 fully saturated rings. The predicted octanol–water partition coefficient (Wildman–Crippen LogP) is 3.05. The number of esters is 1. The molecule has 1 amide bonds. The third-order valence-corrected chi connectivity index (χ3v) is 5.48. The third-order valence-electron chi connectivity index (χ3n) is 5.48. The maximum absolute atomic E-state index is 12.7. The van der Waals surface area contributed by atoms with E-state index in [4.69, 9.17) is 9.47 Å². The standard InChI is InChI=1S/C24H31N3O5/c1-3-32-24(30)18-8-10-19(11-9-18)25-23(29)17-27-16-22(31-2)21(28)14-20(27)15-26-12-6-4-5-7-13-26/h8-11,14,16H,3-7,12-13,15,17H2,1-2H3,(H,25,29). The van der Waals surface area contributed by atoms with Crippen molar-refractivity contribution in [1.82, 2.24) is 9.47 Å². The summed E-state index contributed by atoms with van der Waals surface area (Å²) in [5.74, 6) is -0.434. The van der Waals surface area contributed by atoms with Crippen molar-refractivity contribution in [1.29, 1.82) is 0 Å². The monoisotopic (exact) mass is 441 g/mol. The molecule has 0 atom stereocenters. The van der Waals surface area contributed by atoms with Crippen molar-refractivity contribution in [2.75, 3.05) is 32.1 Å². The highest BCUT2D eigenvalue weighted by Crippen LogP contribution is 2.15. The number of benzene rings is 1. The van der Waals surface area contributed by atoms with Crippen LogP contribution < -0.4 is 15.5 Å². The van der Waals surface area contributed by atoms with E-state index in [9.17, 15) is 14.4 Å². The molecule has 8 nitrogen and oxygen atoms in total. The Morgan fingerprint density at radius 2 is 1.75 bits per heavy atom. The molecule has 2 aromatic rings. The van der Waals surface area contributed by atoms with Gasteiger partial charge in [0.15, 0.2) is 5.75 Å². The lowest BCUT2D eigenvalue weighted by Gasteiger charge is -2.23. The molecular formula is C24H31N3O5. The number of likely N-dealkylation sites (tertiary alicyclic amines) is 1. The first-order valence-corrected chi connectivity index (χ1v) is 11.1. The van der Waals surface area contributed by atoms with Gasteiger partial charge in [-0.15, -0.1) is 0 Å². The summed E-state index contributed by atoms with van der Waals surface area (Å²) >= 11 is 0. The molecule has 0 radical (unpaired) electrons. The Morgan fingerprint density at radius 1 is 1.06 bits per heavy atom. The number of amides is 1. The quantitative estimate of drug-likeness (QED) is 0.634. The van der Waals surface area contributed by atoms with Crippen LogP contribution in [0.2, 0.25) is 0 Å². The average Bonchev–Trinajstić information content (AvgIpc) is 3.05. The normalized spacial score (nSPS) is 14.4. The van der Waals surface area contributed by atoms with E-state index in [1.807, 2.05) is 0 Å². The molecule has 0 saturated carbocycles. The Balaban J connectivity index is 1.72. The molecule has 2 heterocycles. The van der Waals surface area contributed by atoms with Crippen molar-refractivity contribution >= 4 is 17.6 Å². The first kappa shape index (κ1) is 23.5. The summed E-state index contributed by atoms with van der Waals surface area (Å²) in [4.78, 5) is 39.2. The van der Waals surface area contributed by atoms with Crippen LogP contribution in [0.5, 0.6) is 5.75 Å². The summed E-state index contributed by atoms with van der Waals surface area (Å²) in [7, 11) is 1.45. The van der Waals surface area contributed by atoms with Gasteiger partial charge in [0, 0.05) is 24.0 Å². The van der Waals surface area contributed by atoms with Crippen molar-refractivity contribution in [3.8, 4) is 5.75 Å². The maximum atomic E-state index is 12.7. The molecule has 1 aromatic carbocycles. The number of hydrogen-bond donors (Lipinski definition) is 1. The van der Waals surface area contributed by atoms with E-state index in [0.717, 1.165) is 31.6 Å². The summed E-state index contributed by atoms with van der Waals surface area (Å²) in [6.45, 7) is 4.68. The van der Waals surface area contributed by atoms with E-state index in [1.54, 1.807) is 48.0 Å². The second kappa shape index (κ2) is 11.5. The second-order valence-electron chi connectivity index (χ2n) is 7.86. The van der Waals surface area contributed by atoms with Gasteiger partial charge in [-0.3, -0.25) is 14.5 Å². The molecule has 32 heavy (non-hydrogen) atoms. The highest BCUT2D eigenvalue weighted by atomic mass is 16.5. The Bertz CT molecular complexity index is 976. The summed E-state index contributed by atoms with van der Waals surface area (Å²) in [6.07, 6.45) is 6.33. The van der Waals surface area contributed by atoms with Crippen LogP contribution in [-0.4, -0.2) is 48.1 Å². The number of aromatic nitrogens is 1. The topological polar surface area (TPSA) is 89.9 Å². The van der Waals surface area contributed by atoms with Crippen LogP contribution in [0.25, 0.3) is 0 Å². The van der Waals surface area contributed by atoms with Crippen LogP contribution in [0.1, 0.15) is 48.7 Å². The van der Waals surface area contributed by atoms with Crippen molar-refractivity contribution < 1.29 is 19.1 Å². The van der Waals surface area contributed by atoms with Crippen molar-refractivity contribution in [3.63, 3.8) is 0 Å². The number of nitrogens with zero attached hydrogens (tertiary/aromatic N) is 2. The minimum absolute atomic E-state index is 0.0411. The Morgan fingerprint density at radius 3 is 2.38 bits per heavy atom. The van der Waals surface area contributed by atoms with E-state index >= 15 is 0 Å². The fourth-order valence-corrected chi connectivity index (χ4v) is 3.81. The molecule has 0 bridgehead atoms. The van der Waals surface area contributed by atoms with E-state index in [2.05, 4.69) is 10.2 Å². The molecule has 1 N–H and O–H groups in total. The number of carbonyl (C=O) groups is 2. The van der Waals surface area contributed by atoms with Crippen LogP contribution in [0, 0.1) is 0 Å². The average molecular weight is 442 g/mol. The number of hydrogen-bond acceptors (Lipinski definition) is 6. The third kappa shape index (κ3) is 6.43. The molecule has 3 rings (SSSR count). The summed E-state index contributed by atoms with van der Waals surface area (Å²) < 4.78 is 11.9. The highest BCUT2D eigenvalue weighted by molar-refractivity contribution is 5.93. The van der Waals surface area contributed by atoms with E-state index in [0.29, 0.717) is 24.4 Å². The van der Waals surface area contributed by atoms with Gasteiger partial charge in [0.2, 0.25) is 11.3 Å². The van der Waals surface area contributed by atoms with Crippen LogP contribution >= 0.6 is 0 Å². The lowest BCUT2D eigenvalue weighted by molar-refractivity contribution is -0.116. The van der Waals surface area contributed by atoms with E-state index in [-0.39, 0.29) is 23.6 Å². The fraction of sp³-hybridized carbons (Fsp3) is 0.458. The van der Waals surface area contributed by atoms with E-state index in [1.165, 1.54) is 20.0 Å². The van der Waals surface area contributed by atoms with E-state index < -0.39 is 5.97 Å². The molecule has 0 aliphatic carbocycles. The summed E-state index contributed by atoms with van der Waals surface area (Å²) in [6, 6.07) is 8.11. The molecule has 1 aliphatic heterocycles. The van der Waals surface area contributed by atoms with Gasteiger partial charge in [0.25, 0.3) is 0 Å². The van der Waals surface area contributed by atoms with Gasteiger partial charge in [-0.25, -0.2) is 4.79 Å². The van der Waals surface area contributed by atoms with Crippen LogP contribution in [-0.2, 0) is 22.6 Å². The lowest BCUT2D eigenvalue weighted by Crippen LogP contribution is -2.29. The van der Waals surface area contributed by atoms with Gasteiger partial charge in [0.1, 0.15) is 6.54 Å². The predicted molar refractivity (Wildman–Crippen MR) is 122 cm³/mol. The number of ether oxygens (including phenoxy) is 2. The number of methoxy groups -OCH3 is 1. The summed E-state index contributed by atoms with van der Waals surface area (Å²) in [5.41, 5.74) is 1.59. The zero-order valence-electron chi connectivity index (χ0n) is 18.8. The number of nitrogens with one attached hydrogen (secondary N) is 1. The molecule has 172 valence electrons. The minimum atomic E-state index is -0.399. The lowest BCUT2D eigenvalue weighted by atomic mass is 10.2. The Hall–Kier alpha value is -3.13. The molecular weight excluding hydrogens is 410 g/mol. The van der Waals surface area contributed by atoms with Crippen molar-refractivity contribution in [3.05, 3.63) is 58.0 Å². The molecule has 1 aromatic heterocycles. The number of anilines is 1. The van der Waals surface area contributed by atoms with Crippen molar-refractivity contribution in [2.24, 2.45) is 0 Å². The minimum Gasteiger partial charge on any atom is -0.491 e. The Labute approximate surface area is 188 Å². The summed E-state index contributed by atoms with van der Waals surface area (Å²) in [5, 5.41) is 2.84. The second-order valence-corrected chi connectivity index (χ2v) is 7.86. The molecule has 1 saturated heterocycles. The highest BCUT2D eigenvalue weighted by Gasteiger charge is 2.16. The first-order chi connectivity index (χ1) is 15.5.